The maximum absolute atomic E-state index is 13.7. The highest BCUT2D eigenvalue weighted by Crippen LogP contribution is 2.38. The van der Waals surface area contributed by atoms with E-state index in [0.29, 0.717) is 11.7 Å². The van der Waals surface area contributed by atoms with Crippen molar-refractivity contribution >= 4 is 26.4 Å². The summed E-state index contributed by atoms with van der Waals surface area (Å²) in [6.07, 6.45) is 4.53. The number of piperidine rings is 1. The number of benzene rings is 2. The Hall–Kier alpha value is -2.60. The normalized spacial score (nSPS) is 15.5. The lowest BCUT2D eigenvalue weighted by molar-refractivity contribution is 0.414. The first-order valence-electron chi connectivity index (χ1n) is 10.5. The Balaban J connectivity index is 1.92. The molecule has 2 heterocycles. The van der Waals surface area contributed by atoms with E-state index in [4.69, 9.17) is 4.74 Å². The fraction of sp³-hybridized carbons (Fsp3) is 0.375. The minimum atomic E-state index is -3.73. The molecule has 158 valence electrons. The van der Waals surface area contributed by atoms with E-state index in [1.54, 1.807) is 31.4 Å². The third-order valence-corrected chi connectivity index (χ3v) is 7.81. The van der Waals surface area contributed by atoms with E-state index >= 15 is 0 Å². The zero-order valence-corrected chi connectivity index (χ0v) is 18.6. The van der Waals surface area contributed by atoms with Crippen molar-refractivity contribution in [3.63, 3.8) is 0 Å². The Kier molecular flexibility index (Phi) is 5.69. The van der Waals surface area contributed by atoms with Crippen LogP contribution in [0.2, 0.25) is 0 Å². The van der Waals surface area contributed by atoms with Crippen molar-refractivity contribution in [2.75, 3.05) is 25.1 Å². The van der Waals surface area contributed by atoms with Gasteiger partial charge in [0.05, 0.1) is 23.2 Å². The number of nitrogens with zero attached hydrogens (tertiary/aromatic N) is 2. The topological polar surface area (TPSA) is 59.5 Å². The molecule has 0 aliphatic carbocycles. The van der Waals surface area contributed by atoms with Crippen molar-refractivity contribution in [1.29, 1.82) is 0 Å². The molecule has 0 unspecified atom stereocenters. The first-order chi connectivity index (χ1) is 14.4. The van der Waals surface area contributed by atoms with E-state index < -0.39 is 9.84 Å². The van der Waals surface area contributed by atoms with Gasteiger partial charge in [0, 0.05) is 24.7 Å². The summed E-state index contributed by atoms with van der Waals surface area (Å²) in [5.41, 5.74) is 2.79. The van der Waals surface area contributed by atoms with Gasteiger partial charge in [0.25, 0.3) is 0 Å². The largest absolute Gasteiger partial charge is 0.497 e. The van der Waals surface area contributed by atoms with Crippen LogP contribution in [-0.2, 0) is 16.3 Å². The van der Waals surface area contributed by atoms with E-state index in [-0.39, 0.29) is 9.79 Å². The number of hydrogen-bond donors (Lipinski definition) is 0. The summed E-state index contributed by atoms with van der Waals surface area (Å²) in [5.74, 6) is 1.28. The van der Waals surface area contributed by atoms with Crippen molar-refractivity contribution in [3.05, 3.63) is 54.2 Å². The number of sulfone groups is 1. The van der Waals surface area contributed by atoms with Gasteiger partial charge >= 0.3 is 0 Å². The van der Waals surface area contributed by atoms with E-state index in [1.165, 1.54) is 11.8 Å². The lowest BCUT2D eigenvalue weighted by Gasteiger charge is -2.34. The highest BCUT2D eigenvalue weighted by Gasteiger charge is 2.28. The number of aryl methyl sites for hydroxylation is 1. The van der Waals surface area contributed by atoms with Crippen LogP contribution in [0, 0.1) is 5.92 Å². The summed E-state index contributed by atoms with van der Waals surface area (Å²) in [4.78, 5) is 7.29. The number of anilines is 1. The molecule has 30 heavy (non-hydrogen) atoms. The number of aromatic nitrogens is 1. The van der Waals surface area contributed by atoms with Crippen LogP contribution in [0.25, 0.3) is 10.9 Å². The molecule has 1 aromatic heterocycles. The number of fused-ring (bicyclic) bond motifs is 1. The first kappa shape index (κ1) is 20.7. The number of rotatable bonds is 5. The SMILES string of the molecule is CCc1ccc2ncc(S(=O)(=O)c3ccc(OC)cc3)c(N3CCC(C)CC3)c2c1. The number of ether oxygens (including phenoxy) is 1. The summed E-state index contributed by atoms with van der Waals surface area (Å²) < 4.78 is 32.5. The fourth-order valence-corrected chi connectivity index (χ4v) is 5.50. The van der Waals surface area contributed by atoms with E-state index in [0.717, 1.165) is 48.9 Å². The van der Waals surface area contributed by atoms with Gasteiger partial charge in [-0.15, -0.1) is 0 Å². The summed E-state index contributed by atoms with van der Waals surface area (Å²) >= 11 is 0. The standard InChI is InChI=1S/C24H28N2O3S/c1-4-18-5-10-22-21(15-18)24(26-13-11-17(2)12-14-26)23(16-25-22)30(27,28)20-8-6-19(29-3)7-9-20/h5-10,15-17H,4,11-14H2,1-3H3. The molecular formula is C24H28N2O3S. The van der Waals surface area contributed by atoms with Gasteiger partial charge in [0.15, 0.2) is 0 Å². The maximum atomic E-state index is 13.7. The Labute approximate surface area is 178 Å². The molecule has 1 aliphatic heterocycles. The minimum absolute atomic E-state index is 0.253. The Morgan fingerprint density at radius 2 is 1.80 bits per heavy atom. The summed E-state index contributed by atoms with van der Waals surface area (Å²) in [7, 11) is -2.16. The second-order valence-electron chi connectivity index (χ2n) is 8.02. The Bertz CT molecular complexity index is 1150. The van der Waals surface area contributed by atoms with Gasteiger partial charge in [-0.1, -0.05) is 19.9 Å². The van der Waals surface area contributed by atoms with E-state index in [1.807, 2.05) is 6.07 Å². The predicted molar refractivity (Wildman–Crippen MR) is 120 cm³/mol. The molecule has 0 atom stereocenters. The van der Waals surface area contributed by atoms with Crippen LogP contribution in [0.4, 0.5) is 5.69 Å². The number of methoxy groups -OCH3 is 1. The van der Waals surface area contributed by atoms with E-state index in [2.05, 4.69) is 35.9 Å². The quantitative estimate of drug-likeness (QED) is 0.584. The summed E-state index contributed by atoms with van der Waals surface area (Å²) in [6, 6.07) is 12.7. The van der Waals surface area contributed by atoms with E-state index in [9.17, 15) is 8.42 Å². The highest BCUT2D eigenvalue weighted by atomic mass is 32.2. The highest BCUT2D eigenvalue weighted by molar-refractivity contribution is 7.91. The molecular weight excluding hydrogens is 396 g/mol. The fourth-order valence-electron chi connectivity index (χ4n) is 4.06. The molecule has 1 saturated heterocycles. The molecule has 0 spiro atoms. The van der Waals surface area contributed by atoms with Crippen LogP contribution in [-0.4, -0.2) is 33.6 Å². The van der Waals surface area contributed by atoms with Crippen molar-refractivity contribution in [3.8, 4) is 5.75 Å². The van der Waals surface area contributed by atoms with Crippen molar-refractivity contribution in [2.45, 2.75) is 42.9 Å². The second kappa shape index (κ2) is 8.26. The summed E-state index contributed by atoms with van der Waals surface area (Å²) in [6.45, 7) is 6.06. The smallest absolute Gasteiger partial charge is 0.210 e. The van der Waals surface area contributed by atoms with Crippen LogP contribution in [0.15, 0.2) is 58.5 Å². The molecule has 4 rings (SSSR count). The predicted octanol–water partition coefficient (Wildman–Crippen LogP) is 4.87. The first-order valence-corrected chi connectivity index (χ1v) is 12.0. The maximum Gasteiger partial charge on any atom is 0.210 e. The molecule has 0 radical (unpaired) electrons. The zero-order valence-electron chi connectivity index (χ0n) is 17.8. The molecule has 2 aromatic carbocycles. The third kappa shape index (κ3) is 3.76. The van der Waals surface area contributed by atoms with Gasteiger partial charge in [-0.25, -0.2) is 8.42 Å². The molecule has 0 amide bonds. The van der Waals surface area contributed by atoms with Crippen molar-refractivity contribution in [1.82, 2.24) is 4.98 Å². The molecule has 0 bridgehead atoms. The van der Waals surface area contributed by atoms with Crippen LogP contribution in [0.3, 0.4) is 0 Å². The third-order valence-electron chi connectivity index (χ3n) is 6.04. The molecule has 1 aliphatic rings. The van der Waals surface area contributed by atoms with Crippen LogP contribution in [0.1, 0.15) is 32.3 Å². The molecule has 5 nitrogen and oxygen atoms in total. The second-order valence-corrected chi connectivity index (χ2v) is 9.94. The number of hydrogen-bond acceptors (Lipinski definition) is 5. The Morgan fingerprint density at radius 3 is 2.43 bits per heavy atom. The minimum Gasteiger partial charge on any atom is -0.497 e. The van der Waals surface area contributed by atoms with Gasteiger partial charge in [-0.05, 0) is 67.1 Å². The van der Waals surface area contributed by atoms with Crippen molar-refractivity contribution in [2.24, 2.45) is 5.92 Å². The van der Waals surface area contributed by atoms with Gasteiger partial charge in [0.1, 0.15) is 10.6 Å². The van der Waals surface area contributed by atoms with Gasteiger partial charge < -0.3 is 9.64 Å². The average molecular weight is 425 g/mol. The molecule has 3 aromatic rings. The van der Waals surface area contributed by atoms with Crippen LogP contribution >= 0.6 is 0 Å². The molecule has 1 fully saturated rings. The number of pyridine rings is 1. The van der Waals surface area contributed by atoms with Crippen LogP contribution < -0.4 is 9.64 Å². The molecule has 0 saturated carbocycles. The van der Waals surface area contributed by atoms with Gasteiger partial charge in [-0.2, -0.15) is 0 Å². The summed E-state index contributed by atoms with van der Waals surface area (Å²) in [5, 5.41) is 0.915. The van der Waals surface area contributed by atoms with Gasteiger partial charge in [0.2, 0.25) is 9.84 Å². The molecule has 0 N–H and O–H groups in total. The lowest BCUT2D eigenvalue weighted by atomic mass is 9.98. The monoisotopic (exact) mass is 424 g/mol. The van der Waals surface area contributed by atoms with Crippen molar-refractivity contribution < 1.29 is 13.2 Å². The Morgan fingerprint density at radius 1 is 1.10 bits per heavy atom. The average Bonchev–Trinajstić information content (AvgIpc) is 2.78. The lowest BCUT2D eigenvalue weighted by Crippen LogP contribution is -2.34. The molecule has 6 heteroatoms. The van der Waals surface area contributed by atoms with Crippen LogP contribution in [0.5, 0.6) is 5.75 Å². The van der Waals surface area contributed by atoms with Gasteiger partial charge in [-0.3, -0.25) is 4.98 Å². The zero-order chi connectivity index (χ0) is 21.3.